The van der Waals surface area contributed by atoms with Gasteiger partial charge in [0.1, 0.15) is 10.7 Å². The summed E-state index contributed by atoms with van der Waals surface area (Å²) in [7, 11) is -3.40. The van der Waals surface area contributed by atoms with Crippen molar-refractivity contribution in [2.24, 2.45) is 11.8 Å². The van der Waals surface area contributed by atoms with E-state index in [2.05, 4.69) is 15.0 Å². The maximum absolute atomic E-state index is 12.0. The lowest BCUT2D eigenvalue weighted by atomic mass is 9.85. The van der Waals surface area contributed by atoms with Crippen LogP contribution in [0, 0.1) is 11.8 Å². The molecule has 6 heteroatoms. The molecule has 0 atom stereocenters. The molecule has 0 aromatic carbocycles. The molecule has 0 spiro atoms. The minimum Gasteiger partial charge on any atom is -0.370 e. The molecular formula is C14H21N3O2S. The van der Waals surface area contributed by atoms with Gasteiger partial charge in [-0.25, -0.2) is 18.1 Å². The van der Waals surface area contributed by atoms with Crippen molar-refractivity contribution in [2.45, 2.75) is 37.0 Å². The van der Waals surface area contributed by atoms with E-state index in [0.717, 1.165) is 31.1 Å². The Bertz CT molecular complexity index is 548. The second-order valence-electron chi connectivity index (χ2n) is 5.85. The maximum Gasteiger partial charge on any atom is 0.242 e. The quantitative estimate of drug-likeness (QED) is 0.807. The normalized spacial score (nSPS) is 19.6. The average Bonchev–Trinajstić information content (AvgIpc) is 3.19. The van der Waals surface area contributed by atoms with Gasteiger partial charge in [-0.15, -0.1) is 0 Å². The maximum atomic E-state index is 12.0. The summed E-state index contributed by atoms with van der Waals surface area (Å²) in [5.74, 6) is 2.03. The zero-order valence-electron chi connectivity index (χ0n) is 11.5. The summed E-state index contributed by atoms with van der Waals surface area (Å²) in [6.45, 7) is 1.48. The number of anilines is 1. The Kier molecular flexibility index (Phi) is 3.94. The Morgan fingerprint density at radius 2 is 1.85 bits per heavy atom. The summed E-state index contributed by atoms with van der Waals surface area (Å²) in [6.07, 6.45) is 7.58. The molecule has 2 aliphatic carbocycles. The van der Waals surface area contributed by atoms with Crippen LogP contribution in [0.5, 0.6) is 0 Å². The molecule has 0 bridgehead atoms. The van der Waals surface area contributed by atoms with Gasteiger partial charge in [-0.05, 0) is 49.7 Å². The topological polar surface area (TPSA) is 71.1 Å². The highest BCUT2D eigenvalue weighted by atomic mass is 32.2. The fourth-order valence-electron chi connectivity index (χ4n) is 2.22. The number of nitrogens with zero attached hydrogens (tertiary/aromatic N) is 1. The van der Waals surface area contributed by atoms with Gasteiger partial charge < -0.3 is 5.32 Å². The first-order valence-electron chi connectivity index (χ1n) is 7.33. The molecule has 3 rings (SSSR count). The summed E-state index contributed by atoms with van der Waals surface area (Å²) >= 11 is 0. The van der Waals surface area contributed by atoms with E-state index in [1.807, 2.05) is 0 Å². The predicted molar refractivity (Wildman–Crippen MR) is 78.0 cm³/mol. The summed E-state index contributed by atoms with van der Waals surface area (Å²) in [6, 6.07) is 3.36. The van der Waals surface area contributed by atoms with Gasteiger partial charge in [0.2, 0.25) is 10.0 Å². The molecule has 1 aromatic heterocycles. The first-order valence-corrected chi connectivity index (χ1v) is 8.81. The van der Waals surface area contributed by atoms with E-state index < -0.39 is 10.0 Å². The van der Waals surface area contributed by atoms with Crippen LogP contribution in [-0.4, -0.2) is 26.5 Å². The SMILES string of the molecule is O=S(=O)(NCC1CC1)c1ccc(NCC2CCC2)nc1. The van der Waals surface area contributed by atoms with Crippen molar-refractivity contribution in [3.05, 3.63) is 18.3 Å². The van der Waals surface area contributed by atoms with Crippen LogP contribution < -0.4 is 10.0 Å². The third kappa shape index (κ3) is 3.49. The molecule has 0 radical (unpaired) electrons. The lowest BCUT2D eigenvalue weighted by Gasteiger charge is -2.25. The van der Waals surface area contributed by atoms with E-state index in [1.165, 1.54) is 25.5 Å². The Labute approximate surface area is 120 Å². The highest BCUT2D eigenvalue weighted by molar-refractivity contribution is 7.89. The van der Waals surface area contributed by atoms with Gasteiger partial charge in [0.15, 0.2) is 0 Å². The number of hydrogen-bond donors (Lipinski definition) is 2. The Balaban J connectivity index is 1.56. The van der Waals surface area contributed by atoms with E-state index in [-0.39, 0.29) is 4.90 Å². The van der Waals surface area contributed by atoms with Gasteiger partial charge in [-0.1, -0.05) is 6.42 Å². The van der Waals surface area contributed by atoms with E-state index >= 15 is 0 Å². The zero-order valence-corrected chi connectivity index (χ0v) is 12.3. The van der Waals surface area contributed by atoms with Crippen LogP contribution in [0.15, 0.2) is 23.2 Å². The lowest BCUT2D eigenvalue weighted by molar-refractivity contribution is 0.333. The van der Waals surface area contributed by atoms with Crippen molar-refractivity contribution in [3.8, 4) is 0 Å². The number of sulfonamides is 1. The van der Waals surface area contributed by atoms with Gasteiger partial charge in [0.25, 0.3) is 0 Å². The molecule has 2 saturated carbocycles. The zero-order chi connectivity index (χ0) is 14.0. The molecule has 20 heavy (non-hydrogen) atoms. The Hall–Kier alpha value is -1.14. The lowest BCUT2D eigenvalue weighted by Crippen LogP contribution is -2.26. The number of pyridine rings is 1. The predicted octanol–water partition coefficient (Wildman–Crippen LogP) is 1.98. The van der Waals surface area contributed by atoms with Gasteiger partial charge >= 0.3 is 0 Å². The van der Waals surface area contributed by atoms with Crippen LogP contribution in [0.4, 0.5) is 5.82 Å². The van der Waals surface area contributed by atoms with Crippen molar-refractivity contribution < 1.29 is 8.42 Å². The molecule has 5 nitrogen and oxygen atoms in total. The molecule has 0 aliphatic heterocycles. The molecule has 0 unspecified atom stereocenters. The minimum absolute atomic E-state index is 0.243. The van der Waals surface area contributed by atoms with E-state index in [0.29, 0.717) is 12.5 Å². The van der Waals surface area contributed by atoms with Crippen molar-refractivity contribution in [1.82, 2.24) is 9.71 Å². The second kappa shape index (κ2) is 5.69. The number of rotatable bonds is 7. The molecule has 1 heterocycles. The number of nitrogens with one attached hydrogen (secondary N) is 2. The first-order chi connectivity index (χ1) is 9.63. The molecule has 110 valence electrons. The highest BCUT2D eigenvalue weighted by Gasteiger charge is 2.24. The molecule has 2 fully saturated rings. The van der Waals surface area contributed by atoms with Crippen LogP contribution >= 0.6 is 0 Å². The molecule has 0 saturated heterocycles. The Morgan fingerprint density at radius 1 is 1.10 bits per heavy atom. The van der Waals surface area contributed by atoms with Crippen LogP contribution in [0.3, 0.4) is 0 Å². The van der Waals surface area contributed by atoms with Crippen molar-refractivity contribution in [1.29, 1.82) is 0 Å². The molecule has 2 N–H and O–H groups in total. The van der Waals surface area contributed by atoms with Crippen LogP contribution in [0.25, 0.3) is 0 Å². The smallest absolute Gasteiger partial charge is 0.242 e. The molecule has 0 amide bonds. The third-order valence-electron chi connectivity index (χ3n) is 4.10. The fraction of sp³-hybridized carbons (Fsp3) is 0.643. The molecular weight excluding hydrogens is 274 g/mol. The van der Waals surface area contributed by atoms with Crippen molar-refractivity contribution in [3.63, 3.8) is 0 Å². The van der Waals surface area contributed by atoms with Gasteiger partial charge in [-0.3, -0.25) is 0 Å². The summed E-state index contributed by atoms with van der Waals surface area (Å²) in [5, 5.41) is 3.26. The van der Waals surface area contributed by atoms with Crippen LogP contribution in [-0.2, 0) is 10.0 Å². The standard InChI is InChI=1S/C14H21N3O2S/c18-20(19,17-9-12-4-5-12)13-6-7-14(16-10-13)15-8-11-2-1-3-11/h6-7,10-12,17H,1-5,8-9H2,(H,15,16). The first kappa shape index (κ1) is 13.8. The van der Waals surface area contributed by atoms with Gasteiger partial charge in [-0.2, -0.15) is 0 Å². The van der Waals surface area contributed by atoms with E-state index in [4.69, 9.17) is 0 Å². The second-order valence-corrected chi connectivity index (χ2v) is 7.62. The summed E-state index contributed by atoms with van der Waals surface area (Å²) in [5.41, 5.74) is 0. The summed E-state index contributed by atoms with van der Waals surface area (Å²) < 4.78 is 26.7. The van der Waals surface area contributed by atoms with Crippen LogP contribution in [0.1, 0.15) is 32.1 Å². The van der Waals surface area contributed by atoms with E-state index in [9.17, 15) is 8.42 Å². The third-order valence-corrected chi connectivity index (χ3v) is 5.51. The summed E-state index contributed by atoms with van der Waals surface area (Å²) in [4.78, 5) is 4.43. The minimum atomic E-state index is -3.40. The van der Waals surface area contributed by atoms with Gasteiger partial charge in [0, 0.05) is 19.3 Å². The van der Waals surface area contributed by atoms with Crippen molar-refractivity contribution >= 4 is 15.8 Å². The van der Waals surface area contributed by atoms with E-state index in [1.54, 1.807) is 12.1 Å². The monoisotopic (exact) mass is 295 g/mol. The van der Waals surface area contributed by atoms with Crippen LogP contribution in [0.2, 0.25) is 0 Å². The van der Waals surface area contributed by atoms with Crippen molar-refractivity contribution in [2.75, 3.05) is 18.4 Å². The average molecular weight is 295 g/mol. The Morgan fingerprint density at radius 3 is 2.40 bits per heavy atom. The molecule has 2 aliphatic rings. The number of aromatic nitrogens is 1. The largest absolute Gasteiger partial charge is 0.370 e. The number of hydrogen-bond acceptors (Lipinski definition) is 4. The molecule has 1 aromatic rings. The fourth-order valence-corrected chi connectivity index (χ4v) is 3.28. The highest BCUT2D eigenvalue weighted by Crippen LogP contribution is 2.28. The van der Waals surface area contributed by atoms with Gasteiger partial charge in [0.05, 0.1) is 0 Å².